The number of aromatic nitrogens is 3. The van der Waals surface area contributed by atoms with E-state index >= 15 is 0 Å². The van der Waals surface area contributed by atoms with Gasteiger partial charge in [-0.2, -0.15) is 22.2 Å². The number of thiol groups is 1. The molecule has 1 aliphatic carbocycles. The Kier molecular flexibility index (Phi) is 7.60. The minimum absolute atomic E-state index is 0.174. The van der Waals surface area contributed by atoms with Crippen LogP contribution in [-0.2, 0) is 6.42 Å². The Hall–Kier alpha value is -2.93. The van der Waals surface area contributed by atoms with Crippen LogP contribution in [0.15, 0.2) is 49.2 Å². The Morgan fingerprint density at radius 3 is 2.59 bits per heavy atom. The van der Waals surface area contributed by atoms with Crippen LogP contribution in [-0.4, -0.2) is 44.0 Å². The molecule has 0 radical (unpaired) electrons. The Morgan fingerprint density at radius 1 is 1.02 bits per heavy atom. The average Bonchev–Trinajstić information content (AvgIpc) is 3.35. The first-order valence-corrected chi connectivity index (χ1v) is 15.9. The molecule has 6 rings (SSSR count). The van der Waals surface area contributed by atoms with Gasteiger partial charge >= 0.3 is 0 Å². The largest absolute Gasteiger partial charge is 0.387 e. The highest BCUT2D eigenvalue weighted by Crippen LogP contribution is 2.43. The highest BCUT2D eigenvalue weighted by molar-refractivity contribution is 7.81. The van der Waals surface area contributed by atoms with Gasteiger partial charge in [-0.05, 0) is 83.3 Å². The van der Waals surface area contributed by atoms with Crippen molar-refractivity contribution < 1.29 is 0 Å². The predicted molar refractivity (Wildman–Crippen MR) is 174 cm³/mol. The van der Waals surface area contributed by atoms with E-state index in [1.165, 1.54) is 48.1 Å². The fraction of sp³-hybridized carbons (Fsp3) is 0.529. The smallest absolute Gasteiger partial charge is 0.157 e. The third-order valence-electron chi connectivity index (χ3n) is 9.35. The summed E-state index contributed by atoms with van der Waals surface area (Å²) in [7, 11) is 0. The molecule has 4 heterocycles. The molecule has 41 heavy (non-hydrogen) atoms. The third-order valence-corrected chi connectivity index (χ3v) is 9.59. The summed E-state index contributed by atoms with van der Waals surface area (Å²) in [6.07, 6.45) is 7.64. The molecule has 1 atom stereocenters. The van der Waals surface area contributed by atoms with Gasteiger partial charge < -0.3 is 15.1 Å². The Morgan fingerprint density at radius 2 is 1.83 bits per heavy atom. The highest BCUT2D eigenvalue weighted by atomic mass is 32.1. The van der Waals surface area contributed by atoms with Crippen molar-refractivity contribution in [2.24, 2.45) is 5.92 Å². The maximum atomic E-state index is 5.31. The van der Waals surface area contributed by atoms with E-state index in [9.17, 15) is 0 Å². The van der Waals surface area contributed by atoms with Crippen molar-refractivity contribution in [2.45, 2.75) is 89.5 Å². The van der Waals surface area contributed by atoms with Gasteiger partial charge in [-0.25, -0.2) is 4.98 Å². The molecule has 0 spiro atoms. The second-order valence-electron chi connectivity index (χ2n) is 13.1. The zero-order valence-corrected chi connectivity index (χ0v) is 26.2. The number of piperidine rings is 1. The van der Waals surface area contributed by atoms with Crippen LogP contribution in [0, 0.1) is 12.8 Å². The zero-order chi connectivity index (χ0) is 28.9. The van der Waals surface area contributed by atoms with Crippen molar-refractivity contribution in [3.63, 3.8) is 0 Å². The van der Waals surface area contributed by atoms with Gasteiger partial charge in [0.1, 0.15) is 5.82 Å². The maximum Gasteiger partial charge on any atom is 0.157 e. The second kappa shape index (κ2) is 11.0. The van der Waals surface area contributed by atoms with Crippen molar-refractivity contribution >= 4 is 29.8 Å². The summed E-state index contributed by atoms with van der Waals surface area (Å²) in [5.74, 6) is 2.34. The van der Waals surface area contributed by atoms with Gasteiger partial charge in [0.05, 0.1) is 16.6 Å². The monoisotopic (exact) mass is 570 g/mol. The van der Waals surface area contributed by atoms with Crippen LogP contribution >= 0.6 is 12.6 Å². The first kappa shape index (κ1) is 28.2. The van der Waals surface area contributed by atoms with E-state index in [1.807, 2.05) is 0 Å². The van der Waals surface area contributed by atoms with Gasteiger partial charge in [0, 0.05) is 60.3 Å². The van der Waals surface area contributed by atoms with Crippen LogP contribution in [0.2, 0.25) is 0 Å². The van der Waals surface area contributed by atoms with Gasteiger partial charge in [0.25, 0.3) is 0 Å². The number of rotatable bonds is 2. The molecule has 218 valence electrons. The lowest BCUT2D eigenvalue weighted by Gasteiger charge is -2.39. The number of nitrogens with one attached hydrogen (secondary N) is 1. The molecule has 1 unspecified atom stereocenters. The molecule has 1 saturated heterocycles. The first-order chi connectivity index (χ1) is 19.6. The number of aryl methyl sites for hydroxylation is 2. The van der Waals surface area contributed by atoms with E-state index in [0.29, 0.717) is 5.92 Å². The molecule has 2 aliphatic heterocycles. The molecule has 6 nitrogen and oxygen atoms in total. The number of allylic oxidation sites excluding steroid dienone is 1. The minimum Gasteiger partial charge on any atom is -0.387 e. The number of hydrogen-bond donors (Lipinski definition) is 2. The lowest BCUT2D eigenvalue weighted by atomic mass is 9.74. The van der Waals surface area contributed by atoms with Gasteiger partial charge in [-0.15, -0.1) is 0 Å². The topological polar surface area (TPSA) is 48.7 Å². The standard InChI is InChI=1S/C34H46N6S/c1-22-10-12-26-13-11-24(3)35-14-16-39(34(5,6)41)33-21-29(27-17-23(2)18-27)36-32-20-30(37-40(32)33)31-9-7-8-15-38(31)25(4)28(26)19-22/h10,12,19-21,23,27,31,35,41H,3-4,7-9,11,13-18H2,1-2,5-6H3. The molecular formula is C34H46N6S. The first-order valence-electron chi connectivity index (χ1n) is 15.5. The average molecular weight is 571 g/mol. The van der Waals surface area contributed by atoms with E-state index in [-0.39, 0.29) is 10.9 Å². The lowest BCUT2D eigenvalue weighted by Crippen LogP contribution is -2.44. The molecule has 3 aliphatic rings. The number of anilines is 1. The molecule has 7 heteroatoms. The van der Waals surface area contributed by atoms with Crippen molar-refractivity contribution in [3.8, 4) is 0 Å². The van der Waals surface area contributed by atoms with Crippen LogP contribution in [0.25, 0.3) is 11.3 Å². The second-order valence-corrected chi connectivity index (χ2v) is 14.2. The summed E-state index contributed by atoms with van der Waals surface area (Å²) >= 11 is 5.08. The van der Waals surface area contributed by atoms with Crippen molar-refractivity contribution in [1.82, 2.24) is 24.8 Å². The fourth-order valence-electron chi connectivity index (χ4n) is 6.98. The predicted octanol–water partition coefficient (Wildman–Crippen LogP) is 7.27. The molecule has 2 fully saturated rings. The SMILES string of the molecule is C=C1CCc2ccc(C)cc2C(=C)N2CCCCC2c2cc3nc(C4CC(C)C4)cc(n3n2)N(C(C)(C)S)CCN1. The fourth-order valence-corrected chi connectivity index (χ4v) is 7.19. The Labute approximate surface area is 251 Å². The van der Waals surface area contributed by atoms with Crippen LogP contribution in [0.1, 0.15) is 99.3 Å². The molecule has 2 bridgehead atoms. The van der Waals surface area contributed by atoms with Crippen LogP contribution in [0.3, 0.4) is 0 Å². The highest BCUT2D eigenvalue weighted by Gasteiger charge is 2.33. The Bertz CT molecular complexity index is 1460. The lowest BCUT2D eigenvalue weighted by molar-refractivity contribution is 0.226. The minimum atomic E-state index is -0.388. The number of fused-ring (bicyclic) bond motifs is 4. The summed E-state index contributed by atoms with van der Waals surface area (Å²) < 4.78 is 2.08. The molecule has 1 N–H and O–H groups in total. The summed E-state index contributed by atoms with van der Waals surface area (Å²) in [5.41, 5.74) is 9.22. The normalized spacial score (nSPS) is 24.2. The third kappa shape index (κ3) is 5.62. The van der Waals surface area contributed by atoms with E-state index in [2.05, 4.69) is 84.2 Å². The van der Waals surface area contributed by atoms with E-state index in [1.54, 1.807) is 0 Å². The molecular weight excluding hydrogens is 524 g/mol. The molecule has 1 aromatic carbocycles. The number of hydrogen-bond acceptors (Lipinski definition) is 6. The van der Waals surface area contributed by atoms with Gasteiger partial charge in [-0.3, -0.25) is 0 Å². The van der Waals surface area contributed by atoms with Gasteiger partial charge in [0.15, 0.2) is 5.65 Å². The molecule has 0 amide bonds. The summed E-state index contributed by atoms with van der Waals surface area (Å²) in [4.78, 5) is 9.72. The van der Waals surface area contributed by atoms with Crippen LogP contribution in [0.5, 0.6) is 0 Å². The number of nitrogens with zero attached hydrogens (tertiary/aromatic N) is 5. The van der Waals surface area contributed by atoms with E-state index in [0.717, 1.165) is 73.4 Å². The zero-order valence-electron chi connectivity index (χ0n) is 25.3. The van der Waals surface area contributed by atoms with E-state index < -0.39 is 0 Å². The van der Waals surface area contributed by atoms with Crippen LogP contribution < -0.4 is 10.2 Å². The number of benzene rings is 1. The summed E-state index contributed by atoms with van der Waals surface area (Å²) in [6, 6.07) is 11.5. The van der Waals surface area contributed by atoms with Gasteiger partial charge in [0.2, 0.25) is 0 Å². The van der Waals surface area contributed by atoms with Crippen molar-refractivity contribution in [2.75, 3.05) is 24.5 Å². The van der Waals surface area contributed by atoms with E-state index in [4.69, 9.17) is 29.3 Å². The molecule has 1 saturated carbocycles. The summed E-state index contributed by atoms with van der Waals surface area (Å²) in [5, 5.41) is 8.93. The molecule has 2 aromatic heterocycles. The Balaban J connectivity index is 1.50. The quantitative estimate of drug-likeness (QED) is 0.317. The molecule has 3 aromatic rings. The van der Waals surface area contributed by atoms with Gasteiger partial charge in [-0.1, -0.05) is 37.8 Å². The van der Waals surface area contributed by atoms with Crippen LogP contribution in [0.4, 0.5) is 5.82 Å². The van der Waals surface area contributed by atoms with Crippen molar-refractivity contribution in [3.05, 3.63) is 77.3 Å². The van der Waals surface area contributed by atoms with Crippen molar-refractivity contribution in [1.29, 1.82) is 0 Å². The maximum absolute atomic E-state index is 5.31. The summed E-state index contributed by atoms with van der Waals surface area (Å²) in [6.45, 7) is 20.5.